The van der Waals surface area contributed by atoms with Gasteiger partial charge in [0, 0.05) is 5.69 Å². The lowest BCUT2D eigenvalue weighted by molar-refractivity contribution is 0.556. The number of fused-ring (bicyclic) bond motifs is 1. The summed E-state index contributed by atoms with van der Waals surface area (Å²) < 4.78 is 5.48. The van der Waals surface area contributed by atoms with Crippen LogP contribution in [-0.4, -0.2) is 11.2 Å². The lowest BCUT2D eigenvalue weighted by Gasteiger charge is -1.88. The minimum Gasteiger partial charge on any atom is -0.440 e. The first-order valence-electron chi connectivity index (χ1n) is 3.93. The summed E-state index contributed by atoms with van der Waals surface area (Å²) in [5, 5.41) is 0. The normalized spacial score (nSPS) is 10.8. The molecule has 68 valence electrons. The zero-order chi connectivity index (χ0) is 9.26. The van der Waals surface area contributed by atoms with Crippen molar-refractivity contribution in [1.82, 2.24) is 4.98 Å². The van der Waals surface area contributed by atoms with E-state index in [0.717, 1.165) is 28.4 Å². The van der Waals surface area contributed by atoms with Crippen molar-refractivity contribution < 1.29 is 4.42 Å². The molecule has 1 aromatic heterocycles. The van der Waals surface area contributed by atoms with Gasteiger partial charge in [-0.15, -0.1) is 0 Å². The van der Waals surface area contributed by atoms with E-state index in [1.807, 2.05) is 24.5 Å². The Labute approximate surface area is 80.3 Å². The molecule has 0 aliphatic rings. The number of anilines is 1. The molecule has 0 saturated carbocycles. The Morgan fingerprint density at radius 2 is 2.38 bits per heavy atom. The van der Waals surface area contributed by atoms with E-state index in [2.05, 4.69) is 4.98 Å². The van der Waals surface area contributed by atoms with Crippen molar-refractivity contribution in [2.75, 3.05) is 12.0 Å². The molecular formula is C9H10N2OS. The second-order valence-corrected chi connectivity index (χ2v) is 3.63. The first-order chi connectivity index (χ1) is 6.29. The Morgan fingerprint density at radius 3 is 3.15 bits per heavy atom. The Hall–Kier alpha value is -1.16. The lowest BCUT2D eigenvalue weighted by Crippen LogP contribution is -1.82. The van der Waals surface area contributed by atoms with Crippen LogP contribution in [0.25, 0.3) is 11.1 Å². The SMILES string of the molecule is CSCc1nc2cc(N)ccc2o1. The monoisotopic (exact) mass is 194 g/mol. The van der Waals surface area contributed by atoms with Crippen LogP contribution in [0.1, 0.15) is 5.89 Å². The number of hydrogen-bond donors (Lipinski definition) is 1. The van der Waals surface area contributed by atoms with Crippen molar-refractivity contribution in [3.8, 4) is 0 Å². The van der Waals surface area contributed by atoms with Crippen LogP contribution in [0.5, 0.6) is 0 Å². The molecule has 0 fully saturated rings. The molecule has 0 bridgehead atoms. The van der Waals surface area contributed by atoms with Crippen molar-refractivity contribution >= 4 is 28.5 Å². The molecule has 0 amide bonds. The molecule has 3 nitrogen and oxygen atoms in total. The average molecular weight is 194 g/mol. The third kappa shape index (κ3) is 1.62. The predicted octanol–water partition coefficient (Wildman–Crippen LogP) is 2.27. The summed E-state index contributed by atoms with van der Waals surface area (Å²) in [5.41, 5.74) is 7.98. The highest BCUT2D eigenvalue weighted by atomic mass is 32.2. The van der Waals surface area contributed by atoms with Gasteiger partial charge in [0.1, 0.15) is 5.52 Å². The van der Waals surface area contributed by atoms with Gasteiger partial charge in [-0.3, -0.25) is 0 Å². The standard InChI is InChI=1S/C9H10N2OS/c1-13-5-9-11-7-4-6(10)2-3-8(7)12-9/h2-4H,5,10H2,1H3. The van der Waals surface area contributed by atoms with Gasteiger partial charge in [-0.25, -0.2) is 4.98 Å². The molecule has 0 unspecified atom stereocenters. The third-order valence-electron chi connectivity index (χ3n) is 1.72. The minimum atomic E-state index is 0.719. The molecule has 13 heavy (non-hydrogen) atoms. The Morgan fingerprint density at radius 1 is 1.54 bits per heavy atom. The molecule has 4 heteroatoms. The van der Waals surface area contributed by atoms with Gasteiger partial charge in [-0.05, 0) is 24.5 Å². The highest BCUT2D eigenvalue weighted by molar-refractivity contribution is 7.97. The maximum Gasteiger partial charge on any atom is 0.205 e. The number of hydrogen-bond acceptors (Lipinski definition) is 4. The average Bonchev–Trinajstić information content (AvgIpc) is 2.46. The van der Waals surface area contributed by atoms with Crippen LogP contribution in [0.2, 0.25) is 0 Å². The fourth-order valence-electron chi connectivity index (χ4n) is 1.18. The first-order valence-corrected chi connectivity index (χ1v) is 5.33. The number of nitrogens with two attached hydrogens (primary N) is 1. The summed E-state index contributed by atoms with van der Waals surface area (Å²) >= 11 is 1.69. The van der Waals surface area contributed by atoms with Crippen LogP contribution in [0, 0.1) is 0 Å². The maximum absolute atomic E-state index is 5.62. The topological polar surface area (TPSA) is 52.0 Å². The zero-order valence-corrected chi connectivity index (χ0v) is 8.10. The highest BCUT2D eigenvalue weighted by Crippen LogP contribution is 2.20. The van der Waals surface area contributed by atoms with E-state index in [0.29, 0.717) is 0 Å². The molecule has 2 N–H and O–H groups in total. The van der Waals surface area contributed by atoms with Gasteiger partial charge in [-0.2, -0.15) is 11.8 Å². The summed E-state index contributed by atoms with van der Waals surface area (Å²) in [5.74, 6) is 1.56. The molecule has 1 heterocycles. The highest BCUT2D eigenvalue weighted by Gasteiger charge is 2.04. The predicted molar refractivity (Wildman–Crippen MR) is 55.6 cm³/mol. The van der Waals surface area contributed by atoms with Gasteiger partial charge >= 0.3 is 0 Å². The third-order valence-corrected chi connectivity index (χ3v) is 2.26. The van der Waals surface area contributed by atoms with Crippen LogP contribution in [-0.2, 0) is 5.75 Å². The van der Waals surface area contributed by atoms with E-state index < -0.39 is 0 Å². The fraction of sp³-hybridized carbons (Fsp3) is 0.222. The summed E-state index contributed by atoms with van der Waals surface area (Å²) in [4.78, 5) is 4.30. The van der Waals surface area contributed by atoms with Crippen molar-refractivity contribution in [3.63, 3.8) is 0 Å². The van der Waals surface area contributed by atoms with E-state index in [4.69, 9.17) is 10.2 Å². The minimum absolute atomic E-state index is 0.719. The van der Waals surface area contributed by atoms with Crippen molar-refractivity contribution in [2.45, 2.75) is 5.75 Å². The largest absolute Gasteiger partial charge is 0.440 e. The second-order valence-electron chi connectivity index (χ2n) is 2.77. The number of aromatic nitrogens is 1. The van der Waals surface area contributed by atoms with Crippen molar-refractivity contribution in [3.05, 3.63) is 24.1 Å². The molecule has 0 saturated heterocycles. The van der Waals surface area contributed by atoms with Crippen molar-refractivity contribution in [2.24, 2.45) is 0 Å². The number of benzene rings is 1. The Kier molecular flexibility index (Phi) is 2.14. The smallest absolute Gasteiger partial charge is 0.205 e. The van der Waals surface area contributed by atoms with Gasteiger partial charge in [0.05, 0.1) is 5.75 Å². The van der Waals surface area contributed by atoms with E-state index in [1.54, 1.807) is 11.8 Å². The number of thioether (sulfide) groups is 1. The van der Waals surface area contributed by atoms with Crippen LogP contribution in [0.4, 0.5) is 5.69 Å². The molecular weight excluding hydrogens is 184 g/mol. The van der Waals surface area contributed by atoms with Gasteiger partial charge in [0.25, 0.3) is 0 Å². The number of nitrogen functional groups attached to an aromatic ring is 1. The molecule has 1 aromatic carbocycles. The van der Waals surface area contributed by atoms with E-state index >= 15 is 0 Å². The summed E-state index contributed by atoms with van der Waals surface area (Å²) in [6.07, 6.45) is 2.02. The van der Waals surface area contributed by atoms with Crippen LogP contribution in [0.15, 0.2) is 22.6 Å². The molecule has 2 rings (SSSR count). The molecule has 0 spiro atoms. The van der Waals surface area contributed by atoms with E-state index in [1.165, 1.54) is 0 Å². The molecule has 0 radical (unpaired) electrons. The van der Waals surface area contributed by atoms with E-state index in [-0.39, 0.29) is 0 Å². The number of oxazole rings is 1. The number of nitrogens with zero attached hydrogens (tertiary/aromatic N) is 1. The number of rotatable bonds is 2. The summed E-state index contributed by atoms with van der Waals surface area (Å²) in [6, 6.07) is 5.49. The lowest BCUT2D eigenvalue weighted by atomic mass is 10.3. The quantitative estimate of drug-likeness (QED) is 0.745. The molecule has 0 atom stereocenters. The molecule has 2 aromatic rings. The van der Waals surface area contributed by atoms with Crippen LogP contribution < -0.4 is 5.73 Å². The van der Waals surface area contributed by atoms with Gasteiger partial charge < -0.3 is 10.2 Å². The first kappa shape index (κ1) is 8.44. The fourth-order valence-corrected chi connectivity index (χ4v) is 1.55. The van der Waals surface area contributed by atoms with Gasteiger partial charge in [0.15, 0.2) is 5.58 Å². The second kappa shape index (κ2) is 3.30. The zero-order valence-electron chi connectivity index (χ0n) is 7.28. The maximum atomic E-state index is 5.62. The van der Waals surface area contributed by atoms with Gasteiger partial charge in [-0.1, -0.05) is 0 Å². The Balaban J connectivity index is 2.49. The van der Waals surface area contributed by atoms with Gasteiger partial charge in [0.2, 0.25) is 5.89 Å². The molecule has 0 aliphatic carbocycles. The Bertz CT molecular complexity index is 424. The van der Waals surface area contributed by atoms with Crippen LogP contribution >= 0.6 is 11.8 Å². The van der Waals surface area contributed by atoms with E-state index in [9.17, 15) is 0 Å². The molecule has 0 aliphatic heterocycles. The summed E-state index contributed by atoms with van der Waals surface area (Å²) in [6.45, 7) is 0. The van der Waals surface area contributed by atoms with Crippen molar-refractivity contribution in [1.29, 1.82) is 0 Å². The summed E-state index contributed by atoms with van der Waals surface area (Å²) in [7, 11) is 0. The van der Waals surface area contributed by atoms with Crippen LogP contribution in [0.3, 0.4) is 0 Å².